The summed E-state index contributed by atoms with van der Waals surface area (Å²) in [6, 6.07) is 0. The molecule has 7 nitrogen and oxygen atoms in total. The van der Waals surface area contributed by atoms with E-state index < -0.39 is 28.6 Å². The lowest BCUT2D eigenvalue weighted by atomic mass is 9.56. The van der Waals surface area contributed by atoms with Gasteiger partial charge in [0, 0.05) is 40.9 Å². The third-order valence-electron chi connectivity index (χ3n) is 12.8. The zero-order chi connectivity index (χ0) is 26.6. The van der Waals surface area contributed by atoms with Crippen LogP contribution in [0.15, 0.2) is 11.1 Å². The van der Waals surface area contributed by atoms with Gasteiger partial charge in [-0.1, -0.05) is 26.3 Å². The molecule has 202 valence electrons. The highest BCUT2D eigenvalue weighted by Gasteiger charge is 2.83. The van der Waals surface area contributed by atoms with Crippen LogP contribution in [0.25, 0.3) is 0 Å². The van der Waals surface area contributed by atoms with Gasteiger partial charge >= 0.3 is 11.9 Å². The highest BCUT2D eigenvalue weighted by Crippen LogP contribution is 2.79. The van der Waals surface area contributed by atoms with Crippen molar-refractivity contribution in [1.82, 2.24) is 0 Å². The number of carbonyl (C=O) groups is 3. The molecule has 0 aromatic heterocycles. The van der Waals surface area contributed by atoms with Crippen molar-refractivity contribution < 1.29 is 34.1 Å². The molecule has 15 atom stereocenters. The van der Waals surface area contributed by atoms with Crippen LogP contribution in [-0.2, 0) is 23.9 Å². The number of allylic oxidation sites excluding steroid dienone is 1. The number of aliphatic hydroxyl groups is 2. The molecule has 6 fully saturated rings. The van der Waals surface area contributed by atoms with E-state index in [4.69, 9.17) is 9.47 Å². The predicted octanol–water partition coefficient (Wildman–Crippen LogP) is 3.06. The number of ether oxygens (including phenoxy) is 2. The molecule has 2 bridgehead atoms. The summed E-state index contributed by atoms with van der Waals surface area (Å²) < 4.78 is 12.3. The molecule has 0 unspecified atom stereocenters. The van der Waals surface area contributed by atoms with Crippen LogP contribution in [0.3, 0.4) is 0 Å². The van der Waals surface area contributed by atoms with Gasteiger partial charge in [-0.25, -0.2) is 0 Å². The van der Waals surface area contributed by atoms with E-state index in [2.05, 4.69) is 6.92 Å². The lowest BCUT2D eigenvalue weighted by molar-refractivity contribution is -0.162. The highest BCUT2D eigenvalue weighted by molar-refractivity contribution is 5.91. The van der Waals surface area contributed by atoms with Crippen LogP contribution in [0.4, 0.5) is 0 Å². The average molecular weight is 513 g/mol. The first-order chi connectivity index (χ1) is 17.3. The van der Waals surface area contributed by atoms with Gasteiger partial charge in [-0.15, -0.1) is 0 Å². The van der Waals surface area contributed by atoms with Gasteiger partial charge in [0.2, 0.25) is 0 Å². The third kappa shape index (κ3) is 2.55. The van der Waals surface area contributed by atoms with E-state index in [1.165, 1.54) is 0 Å². The van der Waals surface area contributed by atoms with Crippen molar-refractivity contribution >= 4 is 17.7 Å². The van der Waals surface area contributed by atoms with E-state index >= 15 is 0 Å². The standard InChI is InChI=1S/C30H40O7/c1-11-15-7-9-28(5,34)21-17(23(15)36-26(11)32)13(3)20-18(21)19-22(31)14(4)30(20)24(19)29(6,35)10-8-16-12(2)27(33)37-25(16)30/h11-12,14-16,18-21,23-25,34-35H,7-10H2,1-6H3/t11-,12-,14-,15-,16-,18-,19-,20-,21-,23-,24-,25-,28-,29-,30+/m0/s1. The van der Waals surface area contributed by atoms with E-state index in [1.807, 2.05) is 34.6 Å². The maximum atomic E-state index is 14.2. The molecule has 2 N–H and O–H groups in total. The van der Waals surface area contributed by atoms with Crippen LogP contribution < -0.4 is 0 Å². The van der Waals surface area contributed by atoms with Crippen molar-refractivity contribution in [2.24, 2.45) is 64.6 Å². The largest absolute Gasteiger partial charge is 0.461 e. The minimum atomic E-state index is -1.08. The first kappa shape index (κ1) is 24.3. The summed E-state index contributed by atoms with van der Waals surface area (Å²) in [7, 11) is 0. The SMILES string of the molecule is CC1=C2[C@H]3OC(=O)[C@@H](C)[C@@H]3CC[C@](C)(O)[C@@H]2[C@H]2[C@H]3C(=O)[C@H](C)[C@]4([C@@H]3[C@@](C)(O)CC[C@H]3[C@H](C)C(=O)O[C@@H]34)[C@@H]12. The van der Waals surface area contributed by atoms with Crippen molar-refractivity contribution in [3.05, 3.63) is 11.1 Å². The topological polar surface area (TPSA) is 110 Å². The highest BCUT2D eigenvalue weighted by atomic mass is 16.6. The van der Waals surface area contributed by atoms with E-state index in [0.717, 1.165) is 11.1 Å². The Morgan fingerprint density at radius 2 is 1.43 bits per heavy atom. The Labute approximate surface area is 218 Å². The van der Waals surface area contributed by atoms with Crippen LogP contribution in [0.2, 0.25) is 0 Å². The quantitative estimate of drug-likeness (QED) is 0.379. The summed E-state index contributed by atoms with van der Waals surface area (Å²) in [5, 5.41) is 24.1. The second kappa shape index (κ2) is 7.07. The summed E-state index contributed by atoms with van der Waals surface area (Å²) in [5.74, 6) is -2.64. The smallest absolute Gasteiger partial charge is 0.309 e. The molecular formula is C30H40O7. The molecule has 0 amide bonds. The first-order valence-corrected chi connectivity index (χ1v) is 14.4. The Kier molecular flexibility index (Phi) is 4.64. The van der Waals surface area contributed by atoms with E-state index in [1.54, 1.807) is 0 Å². The van der Waals surface area contributed by atoms with Gasteiger partial charge in [-0.2, -0.15) is 0 Å². The predicted molar refractivity (Wildman–Crippen MR) is 132 cm³/mol. The summed E-state index contributed by atoms with van der Waals surface area (Å²) in [4.78, 5) is 39.9. The van der Waals surface area contributed by atoms with Gasteiger partial charge in [0.05, 0.1) is 23.0 Å². The maximum Gasteiger partial charge on any atom is 0.309 e. The average Bonchev–Trinajstić information content (AvgIpc) is 3.50. The molecule has 7 rings (SSSR count). The summed E-state index contributed by atoms with van der Waals surface area (Å²) >= 11 is 0. The molecule has 0 radical (unpaired) electrons. The Hall–Kier alpha value is -1.73. The van der Waals surface area contributed by atoms with Crippen LogP contribution in [0, 0.1) is 64.6 Å². The molecule has 2 aliphatic heterocycles. The van der Waals surface area contributed by atoms with E-state index in [9.17, 15) is 24.6 Å². The lowest BCUT2D eigenvalue weighted by Crippen LogP contribution is -2.54. The summed E-state index contributed by atoms with van der Waals surface area (Å²) in [6.45, 7) is 11.7. The van der Waals surface area contributed by atoms with Crippen molar-refractivity contribution in [3.63, 3.8) is 0 Å². The van der Waals surface area contributed by atoms with E-state index in [0.29, 0.717) is 25.7 Å². The second-order valence-electron chi connectivity index (χ2n) is 14.2. The monoisotopic (exact) mass is 512 g/mol. The molecule has 0 aromatic rings. The normalized spacial score (nSPS) is 59.7. The van der Waals surface area contributed by atoms with Crippen molar-refractivity contribution in [2.45, 2.75) is 90.6 Å². The fraction of sp³-hybridized carbons (Fsp3) is 0.833. The Morgan fingerprint density at radius 1 is 0.838 bits per heavy atom. The molecule has 4 saturated carbocycles. The van der Waals surface area contributed by atoms with Gasteiger partial charge in [0.25, 0.3) is 0 Å². The zero-order valence-electron chi connectivity index (χ0n) is 22.7. The zero-order valence-corrected chi connectivity index (χ0v) is 22.7. The lowest BCUT2D eigenvalue weighted by Gasteiger charge is -2.49. The molecule has 5 aliphatic carbocycles. The Balaban J connectivity index is 1.49. The minimum Gasteiger partial charge on any atom is -0.461 e. The van der Waals surface area contributed by atoms with Crippen LogP contribution in [0.5, 0.6) is 0 Å². The molecule has 7 heteroatoms. The summed E-state index contributed by atoms with van der Waals surface area (Å²) in [6.07, 6.45) is 1.59. The summed E-state index contributed by atoms with van der Waals surface area (Å²) in [5.41, 5.74) is -0.794. The number of hydrogen-bond donors (Lipinski definition) is 2. The number of carbonyl (C=O) groups excluding carboxylic acids is 3. The molecule has 2 heterocycles. The molecular weight excluding hydrogens is 472 g/mol. The maximum absolute atomic E-state index is 14.2. The molecule has 0 spiro atoms. The van der Waals surface area contributed by atoms with Gasteiger partial charge in [-0.05, 0) is 63.9 Å². The molecule has 2 saturated heterocycles. The van der Waals surface area contributed by atoms with Gasteiger partial charge < -0.3 is 19.7 Å². The molecule has 0 aromatic carbocycles. The van der Waals surface area contributed by atoms with Gasteiger partial charge in [0.15, 0.2) is 0 Å². The van der Waals surface area contributed by atoms with E-state index in [-0.39, 0.29) is 77.1 Å². The molecule has 7 aliphatic rings. The van der Waals surface area contributed by atoms with Gasteiger partial charge in [-0.3, -0.25) is 14.4 Å². The van der Waals surface area contributed by atoms with Crippen LogP contribution in [-0.4, -0.2) is 51.3 Å². The fourth-order valence-corrected chi connectivity index (χ4v) is 11.4. The van der Waals surface area contributed by atoms with Crippen LogP contribution >= 0.6 is 0 Å². The fourth-order valence-electron chi connectivity index (χ4n) is 11.4. The number of Topliss-reactive ketones (excluding diaryl/α,β-unsaturated/α-hetero) is 1. The number of ketones is 1. The Bertz CT molecular complexity index is 1150. The number of hydrogen-bond acceptors (Lipinski definition) is 7. The number of esters is 2. The number of fused-ring (bicyclic) bond motifs is 7. The second-order valence-corrected chi connectivity index (χ2v) is 14.2. The third-order valence-corrected chi connectivity index (χ3v) is 12.8. The first-order valence-electron chi connectivity index (χ1n) is 14.4. The number of rotatable bonds is 0. The van der Waals surface area contributed by atoms with Crippen molar-refractivity contribution in [1.29, 1.82) is 0 Å². The van der Waals surface area contributed by atoms with Gasteiger partial charge in [0.1, 0.15) is 18.0 Å². The molecule has 37 heavy (non-hydrogen) atoms. The Morgan fingerprint density at radius 3 is 2.14 bits per heavy atom. The minimum absolute atomic E-state index is 0.00106. The van der Waals surface area contributed by atoms with Crippen molar-refractivity contribution in [3.8, 4) is 0 Å². The van der Waals surface area contributed by atoms with Crippen LogP contribution in [0.1, 0.15) is 67.2 Å². The van der Waals surface area contributed by atoms with Crippen molar-refractivity contribution in [2.75, 3.05) is 0 Å².